The largest absolute Gasteiger partial charge is 0.307 e. The van der Waals surface area contributed by atoms with Gasteiger partial charge in [-0.3, -0.25) is 19.2 Å². The van der Waals surface area contributed by atoms with Crippen molar-refractivity contribution in [3.05, 3.63) is 261 Å². The number of carbonyl (C=O) groups excluding carboxylic acids is 4. The third kappa shape index (κ3) is 11.5. The van der Waals surface area contributed by atoms with E-state index in [0.717, 1.165) is 110 Å². The van der Waals surface area contributed by atoms with Crippen molar-refractivity contribution < 1.29 is 19.2 Å². The molecule has 0 atom stereocenters. The first kappa shape index (κ1) is 73.7. The molecule has 2 aliphatic rings. The summed E-state index contributed by atoms with van der Waals surface area (Å²) in [6, 6.07) is 68.7. The molecule has 11 aromatic carbocycles. The van der Waals surface area contributed by atoms with E-state index in [4.69, 9.17) is 0 Å². The van der Waals surface area contributed by atoms with Crippen LogP contribution in [0.1, 0.15) is 252 Å². The number of carbonyl (C=O) groups is 4. The molecule has 0 fully saturated rings. The van der Waals surface area contributed by atoms with Crippen molar-refractivity contribution in [1.82, 2.24) is 18.3 Å². The van der Waals surface area contributed by atoms with Crippen molar-refractivity contribution in [3.8, 4) is 22.7 Å². The minimum atomic E-state index is -0.484. The Morgan fingerprint density at radius 2 is 0.312 bits per heavy atom. The zero-order valence-corrected chi connectivity index (χ0v) is 69.8. The zero-order chi connectivity index (χ0) is 80.0. The van der Waals surface area contributed by atoms with Crippen molar-refractivity contribution in [2.24, 2.45) is 0 Å². The molecule has 2 aliphatic heterocycles. The van der Waals surface area contributed by atoms with Gasteiger partial charge >= 0.3 is 0 Å². The van der Waals surface area contributed by atoms with Crippen LogP contribution in [0.5, 0.6) is 0 Å². The van der Waals surface area contributed by atoms with Gasteiger partial charge in [-0.2, -0.15) is 0 Å². The lowest BCUT2D eigenvalue weighted by Gasteiger charge is -2.21. The van der Waals surface area contributed by atoms with E-state index in [1.807, 2.05) is 24.3 Å². The zero-order valence-electron chi connectivity index (χ0n) is 69.8. The Morgan fingerprint density at radius 3 is 0.438 bits per heavy atom. The second-order valence-electron chi connectivity index (χ2n) is 40.4. The standard InChI is InChI=1S/C102H104N6O4/c1-95(2,3)57-25-37-79-67(45-57)68-46-58(96(4,5)6)26-38-80(68)105(79)87-53-75-76(54-88(87)106-81-39-27-59(97(7,8)9)47-69(81)70-48-60(98(10,11)12)28-40-82(70)106)92(110)103(91(75)109)65-33-35-66(36-34-65)104-93(111)77-55-89(107-83-41-29-61(99(13,14)15)49-71(83)72-50-62(100(16,17)18)30-42-84(72)107)90(56-78(77)94(104)112)108-85-43-31-63(101(19,20)21)51-73(85)74-52-64(102(22,23)24)32-44-86(74)108/h25-56H,1-24H3. The maximum absolute atomic E-state index is 15.8. The van der Waals surface area contributed by atoms with Crippen LogP contribution >= 0.6 is 0 Å². The van der Waals surface area contributed by atoms with Gasteiger partial charge in [0.25, 0.3) is 23.6 Å². The molecule has 0 N–H and O–H groups in total. The number of hydrogen-bond acceptors (Lipinski definition) is 4. The van der Waals surface area contributed by atoms with Gasteiger partial charge in [-0.15, -0.1) is 0 Å². The van der Waals surface area contributed by atoms with E-state index in [0.29, 0.717) is 11.4 Å². The first-order valence-electron chi connectivity index (χ1n) is 39.9. The predicted octanol–water partition coefficient (Wildman–Crippen LogP) is 26.1. The van der Waals surface area contributed by atoms with Crippen molar-refractivity contribution >= 4 is 122 Å². The normalized spacial score (nSPS) is 14.5. The predicted molar refractivity (Wildman–Crippen MR) is 469 cm³/mol. The third-order valence-electron chi connectivity index (χ3n) is 24.3. The molecule has 4 aromatic heterocycles. The summed E-state index contributed by atoms with van der Waals surface area (Å²) < 4.78 is 9.20. The van der Waals surface area contributed by atoms with Crippen LogP contribution in [0.25, 0.3) is 110 Å². The second kappa shape index (κ2) is 24.2. The number of rotatable bonds is 6. The van der Waals surface area contributed by atoms with E-state index < -0.39 is 23.6 Å². The Kier molecular flexibility index (Phi) is 15.9. The smallest absolute Gasteiger partial charge is 0.266 e. The highest BCUT2D eigenvalue weighted by Crippen LogP contribution is 2.49. The van der Waals surface area contributed by atoms with Gasteiger partial charge in [-0.25, -0.2) is 9.80 Å². The molecule has 0 saturated carbocycles. The average molecular weight is 1480 g/mol. The average Bonchev–Trinajstić information content (AvgIpc) is 1.55. The van der Waals surface area contributed by atoms with Crippen LogP contribution in [0.4, 0.5) is 11.4 Å². The van der Waals surface area contributed by atoms with Crippen molar-refractivity contribution in [1.29, 1.82) is 0 Å². The Labute approximate surface area is 658 Å². The van der Waals surface area contributed by atoms with Crippen LogP contribution in [0.2, 0.25) is 0 Å². The molecule has 17 rings (SSSR count). The Bertz CT molecular complexity index is 5590. The van der Waals surface area contributed by atoms with Crippen molar-refractivity contribution in [2.75, 3.05) is 9.80 Å². The van der Waals surface area contributed by atoms with E-state index in [1.165, 1.54) is 54.3 Å². The molecule has 0 unspecified atom stereocenters. The van der Waals surface area contributed by atoms with E-state index in [9.17, 15) is 0 Å². The number of aromatic nitrogens is 4. The third-order valence-corrected chi connectivity index (χ3v) is 24.3. The van der Waals surface area contributed by atoms with E-state index in [2.05, 4.69) is 330 Å². The molecule has 0 bridgehead atoms. The lowest BCUT2D eigenvalue weighted by molar-refractivity contribution is 0.0909. The van der Waals surface area contributed by atoms with Gasteiger partial charge in [0.1, 0.15) is 0 Å². The van der Waals surface area contributed by atoms with E-state index in [-0.39, 0.29) is 65.6 Å². The fraction of sp³-hybridized carbons (Fsp3) is 0.314. The minimum Gasteiger partial charge on any atom is -0.307 e. The Balaban J connectivity index is 0.836. The summed E-state index contributed by atoms with van der Waals surface area (Å²) in [5.41, 5.74) is 20.8. The van der Waals surface area contributed by atoms with Crippen LogP contribution in [0, 0.1) is 0 Å². The first-order chi connectivity index (χ1) is 52.2. The van der Waals surface area contributed by atoms with Crippen molar-refractivity contribution in [3.63, 3.8) is 0 Å². The Morgan fingerprint density at radius 1 is 0.179 bits per heavy atom. The fourth-order valence-electron chi connectivity index (χ4n) is 17.3. The maximum atomic E-state index is 15.8. The highest BCUT2D eigenvalue weighted by molar-refractivity contribution is 6.36. The summed E-state index contributed by atoms with van der Waals surface area (Å²) in [7, 11) is 0. The Hall–Kier alpha value is -11.1. The molecule has 10 heteroatoms. The highest BCUT2D eigenvalue weighted by atomic mass is 16.2. The minimum absolute atomic E-state index is 0.148. The molecule has 0 spiro atoms. The number of anilines is 2. The first-order valence-corrected chi connectivity index (χ1v) is 39.9. The molecule has 10 nitrogen and oxygen atoms in total. The summed E-state index contributed by atoms with van der Waals surface area (Å²) in [5, 5.41) is 8.74. The van der Waals surface area contributed by atoms with E-state index in [1.54, 1.807) is 24.3 Å². The second-order valence-corrected chi connectivity index (χ2v) is 40.4. The lowest BCUT2D eigenvalue weighted by Crippen LogP contribution is -2.30. The van der Waals surface area contributed by atoms with Gasteiger partial charge in [0, 0.05) is 43.1 Å². The molecule has 112 heavy (non-hydrogen) atoms. The van der Waals surface area contributed by atoms with Crippen molar-refractivity contribution in [2.45, 2.75) is 209 Å². The summed E-state index contributed by atoms with van der Waals surface area (Å²) >= 11 is 0. The number of amides is 4. The summed E-state index contributed by atoms with van der Waals surface area (Å²) in [6.07, 6.45) is 0. The lowest BCUT2D eigenvalue weighted by atomic mass is 9.85. The molecule has 15 aromatic rings. The SMILES string of the molecule is CC(C)(C)c1ccc2c(c1)c1cc(C(C)(C)C)ccc1n2-c1cc2c(cc1-n1c3ccc(C(C)(C)C)cc3c3cc(C(C)(C)C)ccc31)C(=O)N(c1ccc(N3C(=O)c4cc(-n5c6ccc(C(C)(C)C)cc6c6cc(C(C)(C)C)ccc65)c(-n5c6ccc(C(C)(C)C)cc6c6cc(C(C)(C)C)ccc65)cc4C3=O)cc1)C2=O. The van der Waals surface area contributed by atoms with Gasteiger partial charge in [0.15, 0.2) is 0 Å². The van der Waals surface area contributed by atoms with Gasteiger partial charge < -0.3 is 18.3 Å². The summed E-state index contributed by atoms with van der Waals surface area (Å²) in [6.45, 7) is 53.9. The molecule has 4 amide bonds. The summed E-state index contributed by atoms with van der Waals surface area (Å²) in [4.78, 5) is 65.9. The van der Waals surface area contributed by atoms with Crippen LogP contribution in [0.15, 0.2) is 194 Å². The molecule has 0 radical (unpaired) electrons. The fourth-order valence-corrected chi connectivity index (χ4v) is 17.3. The molecule has 6 heterocycles. The molecule has 0 aliphatic carbocycles. The molecular formula is C102H104N6O4. The molecule has 566 valence electrons. The van der Waals surface area contributed by atoms with Crippen LogP contribution in [-0.2, 0) is 43.3 Å². The maximum Gasteiger partial charge on any atom is 0.266 e. The summed E-state index contributed by atoms with van der Waals surface area (Å²) in [5.74, 6) is -1.93. The van der Waals surface area contributed by atoms with Crippen LogP contribution in [0.3, 0.4) is 0 Å². The topological polar surface area (TPSA) is 94.5 Å². The number of imide groups is 2. The highest BCUT2D eigenvalue weighted by Gasteiger charge is 2.43. The number of hydrogen-bond donors (Lipinski definition) is 0. The van der Waals surface area contributed by atoms with Gasteiger partial charge in [-0.1, -0.05) is 215 Å². The molecule has 0 saturated heterocycles. The number of benzene rings is 11. The van der Waals surface area contributed by atoms with Crippen LogP contribution in [-0.4, -0.2) is 41.9 Å². The number of nitrogens with zero attached hydrogens (tertiary/aromatic N) is 6. The van der Waals surface area contributed by atoms with E-state index >= 15 is 19.2 Å². The molecular weight excluding hydrogens is 1370 g/mol. The van der Waals surface area contributed by atoms with Gasteiger partial charge in [-0.05, 0) is 233 Å². The quantitative estimate of drug-likeness (QED) is 0.155. The van der Waals surface area contributed by atoms with Gasteiger partial charge in [0.2, 0.25) is 0 Å². The van der Waals surface area contributed by atoms with Gasteiger partial charge in [0.05, 0.1) is 101 Å². The number of fused-ring (bicyclic) bond motifs is 14. The van der Waals surface area contributed by atoms with Crippen LogP contribution < -0.4 is 9.80 Å². The monoisotopic (exact) mass is 1480 g/mol.